The second-order valence-electron chi connectivity index (χ2n) is 11.0. The lowest BCUT2D eigenvalue weighted by molar-refractivity contribution is 0.166. The Balaban J connectivity index is 1.26. The number of urea groups is 1. The van der Waals surface area contributed by atoms with Crippen molar-refractivity contribution in [2.45, 2.75) is 19.4 Å². The number of aromatic nitrogens is 3. The summed E-state index contributed by atoms with van der Waals surface area (Å²) in [6, 6.07) is 8.72. The largest absolute Gasteiger partial charge is 0.453 e. The number of methoxy groups -OCH3 is 1. The number of ether oxygens (including phenoxy) is 2. The number of imide groups is 1. The van der Waals surface area contributed by atoms with E-state index in [-0.39, 0.29) is 0 Å². The fourth-order valence-corrected chi connectivity index (χ4v) is 5.76. The number of alkyl carbamates (subject to hydrolysis) is 1. The Morgan fingerprint density at radius 1 is 0.955 bits per heavy atom. The van der Waals surface area contributed by atoms with Crippen molar-refractivity contribution < 1.29 is 19.1 Å². The van der Waals surface area contributed by atoms with Gasteiger partial charge >= 0.3 is 12.1 Å². The summed E-state index contributed by atoms with van der Waals surface area (Å²) in [7, 11) is 3.32. The maximum atomic E-state index is 11.8. The van der Waals surface area contributed by atoms with Gasteiger partial charge in [-0.15, -0.1) is 0 Å². The number of rotatable bonds is 8. The second kappa shape index (κ2) is 14.8. The summed E-state index contributed by atoms with van der Waals surface area (Å²) in [5.41, 5.74) is 2.49. The van der Waals surface area contributed by atoms with Crippen molar-refractivity contribution in [3.8, 4) is 22.9 Å². The van der Waals surface area contributed by atoms with Crippen LogP contribution in [0.15, 0.2) is 42.7 Å². The average Bonchev–Trinajstić information content (AvgIpc) is 3.01. The molecule has 0 atom stereocenters. The zero-order valence-corrected chi connectivity index (χ0v) is 26.3. The quantitative estimate of drug-likeness (QED) is 0.358. The van der Waals surface area contributed by atoms with E-state index in [1.165, 1.54) is 7.11 Å². The predicted molar refractivity (Wildman–Crippen MR) is 168 cm³/mol. The van der Waals surface area contributed by atoms with Crippen LogP contribution in [-0.2, 0) is 11.3 Å². The van der Waals surface area contributed by atoms with Crippen molar-refractivity contribution in [2.24, 2.45) is 5.92 Å². The summed E-state index contributed by atoms with van der Waals surface area (Å²) < 4.78 is 10.6. The lowest BCUT2D eigenvalue weighted by Crippen LogP contribution is -2.45. The van der Waals surface area contributed by atoms with E-state index in [2.05, 4.69) is 47.1 Å². The van der Waals surface area contributed by atoms with Crippen molar-refractivity contribution in [1.82, 2.24) is 35.4 Å². The molecule has 14 heteroatoms. The van der Waals surface area contributed by atoms with E-state index in [4.69, 9.17) is 32.9 Å². The number of amides is 3. The highest BCUT2D eigenvalue weighted by Gasteiger charge is 2.21. The van der Waals surface area contributed by atoms with Crippen LogP contribution in [0, 0.1) is 5.92 Å². The van der Waals surface area contributed by atoms with Gasteiger partial charge < -0.3 is 24.6 Å². The number of piperidine rings is 1. The van der Waals surface area contributed by atoms with Crippen molar-refractivity contribution in [3.05, 3.63) is 58.3 Å². The molecule has 234 valence electrons. The van der Waals surface area contributed by atoms with Crippen molar-refractivity contribution in [2.75, 3.05) is 64.9 Å². The zero-order valence-electron chi connectivity index (χ0n) is 24.8. The lowest BCUT2D eigenvalue weighted by Gasteiger charge is -2.32. The molecule has 0 unspecified atom stereocenters. The highest BCUT2D eigenvalue weighted by atomic mass is 35.5. The molecule has 12 nitrogen and oxygen atoms in total. The van der Waals surface area contributed by atoms with Crippen LogP contribution in [0.5, 0.6) is 11.6 Å². The zero-order chi connectivity index (χ0) is 31.1. The van der Waals surface area contributed by atoms with E-state index < -0.39 is 12.1 Å². The van der Waals surface area contributed by atoms with E-state index in [1.807, 2.05) is 24.3 Å². The third-order valence-electron chi connectivity index (χ3n) is 7.71. The first-order valence-corrected chi connectivity index (χ1v) is 15.3. The Morgan fingerprint density at radius 3 is 2.30 bits per heavy atom. The highest BCUT2D eigenvalue weighted by molar-refractivity contribution is 6.35. The molecule has 0 spiro atoms. The Labute approximate surface area is 266 Å². The summed E-state index contributed by atoms with van der Waals surface area (Å²) >= 11 is 12.6. The molecule has 5 rings (SSSR count). The van der Waals surface area contributed by atoms with Gasteiger partial charge in [-0.2, -0.15) is 0 Å². The van der Waals surface area contributed by atoms with Gasteiger partial charge in [0.15, 0.2) is 5.75 Å². The number of likely N-dealkylation sites (tertiary alicyclic amines) is 1. The molecule has 1 aromatic carbocycles. The van der Waals surface area contributed by atoms with Gasteiger partial charge in [0.05, 0.1) is 25.2 Å². The highest BCUT2D eigenvalue weighted by Crippen LogP contribution is 2.31. The number of benzene rings is 1. The summed E-state index contributed by atoms with van der Waals surface area (Å²) in [5.74, 6) is 1.90. The van der Waals surface area contributed by atoms with E-state index >= 15 is 0 Å². The van der Waals surface area contributed by atoms with Crippen LogP contribution in [0.1, 0.15) is 18.4 Å². The van der Waals surface area contributed by atoms with Gasteiger partial charge in [-0.05, 0) is 68.7 Å². The number of piperazine rings is 1. The maximum Gasteiger partial charge on any atom is 0.415 e. The number of likely N-dealkylation sites (N-methyl/N-ethyl adjacent to an activating group) is 1. The van der Waals surface area contributed by atoms with Gasteiger partial charge in [0.1, 0.15) is 0 Å². The number of hydrogen-bond acceptors (Lipinski definition) is 10. The number of carbonyl (C=O) groups excluding carboxylic acids is 2. The first-order chi connectivity index (χ1) is 21.2. The molecule has 2 aliphatic heterocycles. The Hall–Kier alpha value is -3.71. The molecule has 3 amide bonds. The minimum absolute atomic E-state index is 0.309. The fourth-order valence-electron chi connectivity index (χ4n) is 5.24. The molecule has 2 fully saturated rings. The molecule has 0 saturated carbocycles. The fraction of sp³-hybridized carbons (Fsp3) is 0.433. The molecule has 2 saturated heterocycles. The summed E-state index contributed by atoms with van der Waals surface area (Å²) in [6.07, 6.45) is 4.37. The Morgan fingerprint density at radius 2 is 1.64 bits per heavy atom. The predicted octanol–water partition coefficient (Wildman–Crippen LogP) is 4.67. The lowest BCUT2D eigenvalue weighted by atomic mass is 9.96. The van der Waals surface area contributed by atoms with Crippen LogP contribution in [0.3, 0.4) is 0 Å². The van der Waals surface area contributed by atoms with Gasteiger partial charge in [0, 0.05) is 60.9 Å². The number of carbonyl (C=O) groups is 2. The molecular weight excluding hydrogens is 607 g/mol. The molecule has 44 heavy (non-hydrogen) atoms. The third kappa shape index (κ3) is 8.91. The Bertz CT molecular complexity index is 1430. The van der Waals surface area contributed by atoms with Gasteiger partial charge in [-0.1, -0.05) is 23.2 Å². The van der Waals surface area contributed by atoms with E-state index in [1.54, 1.807) is 18.5 Å². The third-order valence-corrected chi connectivity index (χ3v) is 8.15. The molecule has 3 aromatic rings. The first-order valence-electron chi connectivity index (χ1n) is 14.5. The van der Waals surface area contributed by atoms with Gasteiger partial charge in [-0.3, -0.25) is 4.90 Å². The molecule has 0 radical (unpaired) electrons. The molecule has 4 heterocycles. The van der Waals surface area contributed by atoms with Gasteiger partial charge in [0.25, 0.3) is 0 Å². The maximum absolute atomic E-state index is 11.8. The number of nitrogens with zero attached hydrogens (tertiary/aromatic N) is 6. The minimum Gasteiger partial charge on any atom is -0.453 e. The van der Waals surface area contributed by atoms with E-state index in [0.29, 0.717) is 52.3 Å². The number of hydrogen-bond donors (Lipinski definition) is 2. The van der Waals surface area contributed by atoms with Gasteiger partial charge in [-0.25, -0.2) is 29.9 Å². The number of anilines is 1. The van der Waals surface area contributed by atoms with Crippen molar-refractivity contribution in [3.63, 3.8) is 0 Å². The van der Waals surface area contributed by atoms with Gasteiger partial charge in [0.2, 0.25) is 11.8 Å². The Kier molecular flexibility index (Phi) is 10.7. The average molecular weight is 644 g/mol. The van der Waals surface area contributed by atoms with E-state index in [0.717, 1.165) is 63.2 Å². The van der Waals surface area contributed by atoms with Crippen LogP contribution in [-0.4, -0.2) is 96.8 Å². The van der Waals surface area contributed by atoms with Crippen LogP contribution < -0.4 is 20.3 Å². The van der Waals surface area contributed by atoms with Crippen LogP contribution in [0.2, 0.25) is 10.0 Å². The van der Waals surface area contributed by atoms with Crippen LogP contribution in [0.4, 0.5) is 15.5 Å². The smallest absolute Gasteiger partial charge is 0.415 e. The normalized spacial score (nSPS) is 16.4. The monoisotopic (exact) mass is 642 g/mol. The molecule has 2 N–H and O–H groups in total. The summed E-state index contributed by atoms with van der Waals surface area (Å²) in [6.45, 7) is 6.57. The topological polar surface area (TPSA) is 125 Å². The number of halogens is 2. The summed E-state index contributed by atoms with van der Waals surface area (Å²) in [4.78, 5) is 43.7. The van der Waals surface area contributed by atoms with Crippen LogP contribution >= 0.6 is 23.2 Å². The molecule has 0 aliphatic carbocycles. The summed E-state index contributed by atoms with van der Waals surface area (Å²) in [5, 5.41) is 5.89. The van der Waals surface area contributed by atoms with E-state index in [9.17, 15) is 9.59 Å². The van der Waals surface area contributed by atoms with Crippen LogP contribution in [0.25, 0.3) is 11.3 Å². The molecule has 2 aliphatic rings. The SMILES string of the molecule is COC(=O)NC(=O)NCC1CCN(Cc2cc(Oc3cnc(N4CCN(C)CC4)nc3)nc(-c3cc(Cl)cc(Cl)c3)c2)CC1. The van der Waals surface area contributed by atoms with Crippen molar-refractivity contribution in [1.29, 1.82) is 0 Å². The minimum atomic E-state index is -0.785. The number of nitrogens with one attached hydrogen (secondary N) is 2. The second-order valence-corrected chi connectivity index (χ2v) is 11.9. The molecular formula is C30H36Cl2N8O4. The van der Waals surface area contributed by atoms with Crippen molar-refractivity contribution >= 4 is 41.3 Å². The first kappa shape index (κ1) is 31.7. The molecule has 0 bridgehead atoms. The molecule has 2 aromatic heterocycles. The standard InChI is InChI=1S/C30H36Cl2N8O4/c1-38-7-9-40(10-8-38)28-33-17-25(18-34-28)44-27-12-21(11-26(36-27)22-13-23(31)15-24(32)14-22)19-39-5-3-20(4-6-39)16-35-29(41)37-30(42)43-2/h11-15,17-18,20H,3-10,16,19H2,1-2H3,(H2,35,37,41,42). The number of pyridine rings is 1.